The summed E-state index contributed by atoms with van der Waals surface area (Å²) in [6.07, 6.45) is 2.26. The van der Waals surface area contributed by atoms with Gasteiger partial charge in [0.15, 0.2) is 5.17 Å². The lowest BCUT2D eigenvalue weighted by atomic mass is 9.90. The van der Waals surface area contributed by atoms with Gasteiger partial charge in [-0.25, -0.2) is 9.79 Å². The van der Waals surface area contributed by atoms with Gasteiger partial charge in [-0.05, 0) is 55.7 Å². The van der Waals surface area contributed by atoms with Crippen LogP contribution < -0.4 is 5.32 Å². The zero-order valence-electron chi connectivity index (χ0n) is 22.0. The van der Waals surface area contributed by atoms with Gasteiger partial charge in [-0.1, -0.05) is 65.9 Å². The first-order chi connectivity index (χ1) is 18.4. The van der Waals surface area contributed by atoms with Crippen molar-refractivity contribution in [3.8, 4) is 0 Å². The number of carbonyl (C=O) groups is 2. The molecule has 1 saturated heterocycles. The molecule has 3 aliphatic heterocycles. The monoisotopic (exact) mass is 531 g/mol. The third-order valence-corrected chi connectivity index (χ3v) is 7.94. The van der Waals surface area contributed by atoms with E-state index in [0.717, 1.165) is 52.6 Å². The Hall–Kier alpha value is -3.36. The van der Waals surface area contributed by atoms with Crippen molar-refractivity contribution in [2.24, 2.45) is 4.99 Å². The molecule has 0 aromatic heterocycles. The SMILES string of the molecule is CC1=C(C(=O)OCc2ccccc2)[C@H](c2cc(C)ccc2C)N2C(CC(=O)NC[C@@H]3CCCO3)=CSC2=N1. The molecule has 5 rings (SSSR count). The highest BCUT2D eigenvalue weighted by Gasteiger charge is 2.41. The molecule has 0 radical (unpaired) electrons. The lowest BCUT2D eigenvalue weighted by Crippen LogP contribution is -2.39. The minimum Gasteiger partial charge on any atom is -0.457 e. The van der Waals surface area contributed by atoms with Crippen molar-refractivity contribution in [2.45, 2.75) is 58.8 Å². The second-order valence-corrected chi connectivity index (χ2v) is 10.8. The van der Waals surface area contributed by atoms with Crippen LogP contribution in [0.2, 0.25) is 0 Å². The third-order valence-electron chi connectivity index (χ3n) is 7.06. The summed E-state index contributed by atoms with van der Waals surface area (Å²) in [6, 6.07) is 15.4. The van der Waals surface area contributed by atoms with E-state index in [0.29, 0.717) is 17.8 Å². The fourth-order valence-electron chi connectivity index (χ4n) is 5.04. The number of fused-ring (bicyclic) bond motifs is 1. The van der Waals surface area contributed by atoms with Crippen molar-refractivity contribution >= 4 is 28.8 Å². The number of ether oxygens (including phenoxy) is 2. The van der Waals surface area contributed by atoms with Crippen LogP contribution in [0.15, 0.2) is 75.9 Å². The summed E-state index contributed by atoms with van der Waals surface area (Å²) in [5.41, 5.74) is 6.00. The molecule has 8 heteroatoms. The Morgan fingerprint density at radius 3 is 2.74 bits per heavy atom. The molecule has 3 heterocycles. The second kappa shape index (κ2) is 11.6. The first-order valence-electron chi connectivity index (χ1n) is 13.0. The maximum Gasteiger partial charge on any atom is 0.338 e. The second-order valence-electron chi connectivity index (χ2n) is 9.93. The molecule has 0 spiro atoms. The molecule has 2 atom stereocenters. The van der Waals surface area contributed by atoms with Crippen LogP contribution in [0.4, 0.5) is 0 Å². The summed E-state index contributed by atoms with van der Waals surface area (Å²) in [5.74, 6) is -0.480. The first-order valence-corrected chi connectivity index (χ1v) is 13.9. The van der Waals surface area contributed by atoms with Crippen LogP contribution in [0, 0.1) is 13.8 Å². The van der Waals surface area contributed by atoms with Gasteiger partial charge in [0.25, 0.3) is 0 Å². The van der Waals surface area contributed by atoms with Crippen LogP contribution in [0.5, 0.6) is 0 Å². The maximum atomic E-state index is 13.6. The Morgan fingerprint density at radius 1 is 1.16 bits per heavy atom. The van der Waals surface area contributed by atoms with Crippen molar-refractivity contribution in [3.05, 3.63) is 93.2 Å². The lowest BCUT2D eigenvalue weighted by molar-refractivity contribution is -0.141. The van der Waals surface area contributed by atoms with Crippen LogP contribution in [0.3, 0.4) is 0 Å². The number of nitrogens with zero attached hydrogens (tertiary/aromatic N) is 2. The Balaban J connectivity index is 1.43. The van der Waals surface area contributed by atoms with Gasteiger partial charge in [0.05, 0.1) is 29.8 Å². The topological polar surface area (TPSA) is 80.2 Å². The quantitative estimate of drug-likeness (QED) is 0.465. The zero-order valence-corrected chi connectivity index (χ0v) is 22.8. The minimum atomic E-state index is -0.446. The zero-order chi connectivity index (χ0) is 26.6. The Labute approximate surface area is 228 Å². The van der Waals surface area contributed by atoms with Gasteiger partial charge in [0, 0.05) is 18.8 Å². The first kappa shape index (κ1) is 26.3. The summed E-state index contributed by atoms with van der Waals surface area (Å²) >= 11 is 1.48. The molecule has 0 bridgehead atoms. The minimum absolute atomic E-state index is 0.0761. The number of rotatable bonds is 8. The van der Waals surface area contributed by atoms with E-state index in [2.05, 4.69) is 23.5 Å². The fraction of sp³-hybridized carbons (Fsp3) is 0.367. The number of hydrogen-bond acceptors (Lipinski definition) is 7. The number of thioether (sulfide) groups is 1. The summed E-state index contributed by atoms with van der Waals surface area (Å²) in [6.45, 7) is 7.38. The Bertz CT molecular complexity index is 1310. The molecule has 0 unspecified atom stereocenters. The Kier molecular flexibility index (Phi) is 8.00. The highest BCUT2D eigenvalue weighted by molar-refractivity contribution is 8.16. The van der Waals surface area contributed by atoms with E-state index in [1.807, 2.05) is 61.4 Å². The van der Waals surface area contributed by atoms with Gasteiger partial charge < -0.3 is 19.7 Å². The number of carbonyl (C=O) groups excluding carboxylic acids is 2. The smallest absolute Gasteiger partial charge is 0.338 e. The van der Waals surface area contributed by atoms with E-state index in [4.69, 9.17) is 14.5 Å². The molecule has 1 N–H and O–H groups in total. The van der Waals surface area contributed by atoms with Crippen LogP contribution in [-0.4, -0.2) is 41.2 Å². The molecule has 7 nitrogen and oxygen atoms in total. The normalized spacial score (nSPS) is 20.7. The molecule has 1 amide bonds. The van der Waals surface area contributed by atoms with Crippen LogP contribution in [-0.2, 0) is 25.7 Å². The molecule has 1 fully saturated rings. The van der Waals surface area contributed by atoms with Crippen molar-refractivity contribution in [1.82, 2.24) is 10.2 Å². The number of amidine groups is 1. The number of benzene rings is 2. The Morgan fingerprint density at radius 2 is 1.97 bits per heavy atom. The predicted octanol–water partition coefficient (Wildman–Crippen LogP) is 5.31. The summed E-state index contributed by atoms with van der Waals surface area (Å²) in [5, 5.41) is 5.74. The maximum absolute atomic E-state index is 13.6. The highest BCUT2D eigenvalue weighted by atomic mass is 32.2. The van der Waals surface area contributed by atoms with Gasteiger partial charge in [0.1, 0.15) is 6.61 Å². The molecule has 2 aromatic carbocycles. The van der Waals surface area contributed by atoms with Gasteiger partial charge >= 0.3 is 5.97 Å². The molecule has 0 aliphatic carbocycles. The number of aryl methyl sites for hydroxylation is 2. The van der Waals surface area contributed by atoms with E-state index < -0.39 is 12.0 Å². The number of esters is 1. The average Bonchev–Trinajstić information content (AvgIpc) is 3.57. The summed E-state index contributed by atoms with van der Waals surface area (Å²) < 4.78 is 11.5. The van der Waals surface area contributed by atoms with E-state index in [9.17, 15) is 9.59 Å². The molecule has 38 heavy (non-hydrogen) atoms. The summed E-state index contributed by atoms with van der Waals surface area (Å²) in [7, 11) is 0. The number of nitrogens with one attached hydrogen (secondary N) is 1. The molecular formula is C30H33N3O4S. The fourth-order valence-corrected chi connectivity index (χ4v) is 6.00. The van der Waals surface area contributed by atoms with Crippen molar-refractivity contribution < 1.29 is 19.1 Å². The average molecular weight is 532 g/mol. The van der Waals surface area contributed by atoms with E-state index in [-0.39, 0.29) is 25.0 Å². The lowest BCUT2D eigenvalue weighted by Gasteiger charge is -2.37. The van der Waals surface area contributed by atoms with Gasteiger partial charge in [-0.2, -0.15) is 0 Å². The highest BCUT2D eigenvalue weighted by Crippen LogP contribution is 2.45. The van der Waals surface area contributed by atoms with Gasteiger partial charge in [-0.3, -0.25) is 4.79 Å². The van der Waals surface area contributed by atoms with Crippen LogP contribution in [0.1, 0.15) is 54.5 Å². The molecule has 3 aliphatic rings. The number of aliphatic imine (C=N–C) groups is 1. The van der Waals surface area contributed by atoms with Crippen molar-refractivity contribution in [3.63, 3.8) is 0 Å². The molecule has 2 aromatic rings. The third kappa shape index (κ3) is 5.71. The van der Waals surface area contributed by atoms with Gasteiger partial charge in [0.2, 0.25) is 5.91 Å². The predicted molar refractivity (Wildman–Crippen MR) is 149 cm³/mol. The largest absolute Gasteiger partial charge is 0.457 e. The van der Waals surface area contributed by atoms with Gasteiger partial charge in [-0.15, -0.1) is 0 Å². The number of allylic oxidation sites excluding steroid dienone is 1. The standard InChI is InChI=1S/C30H33N3O4S/c1-19-11-12-20(2)25(14-19)28-27(29(35)37-17-22-8-5-4-6-9-22)21(3)32-30-33(28)23(18-38-30)15-26(34)31-16-24-10-7-13-36-24/h4-6,8-9,11-12,14,18,24,28H,7,10,13,15-17H2,1-3H3,(H,31,34)/t24-,28-/m0/s1. The summed E-state index contributed by atoms with van der Waals surface area (Å²) in [4.78, 5) is 33.4. The van der Waals surface area contributed by atoms with Crippen molar-refractivity contribution in [2.75, 3.05) is 13.2 Å². The van der Waals surface area contributed by atoms with E-state index >= 15 is 0 Å². The number of amides is 1. The molecule has 198 valence electrons. The molecular weight excluding hydrogens is 498 g/mol. The number of hydrogen-bond donors (Lipinski definition) is 1. The van der Waals surface area contributed by atoms with E-state index in [1.54, 1.807) is 0 Å². The van der Waals surface area contributed by atoms with E-state index in [1.165, 1.54) is 11.8 Å². The van der Waals surface area contributed by atoms with Crippen LogP contribution in [0.25, 0.3) is 0 Å². The molecule has 0 saturated carbocycles. The van der Waals surface area contributed by atoms with Crippen molar-refractivity contribution in [1.29, 1.82) is 0 Å². The van der Waals surface area contributed by atoms with Crippen LogP contribution >= 0.6 is 11.8 Å².